The van der Waals surface area contributed by atoms with Crippen LogP contribution in [0.1, 0.15) is 43.7 Å². The van der Waals surface area contributed by atoms with E-state index in [0.29, 0.717) is 0 Å². The third-order valence-corrected chi connectivity index (χ3v) is 6.13. The first-order chi connectivity index (χ1) is 12.0. The zero-order chi connectivity index (χ0) is 17.9. The molecule has 2 aromatic rings. The van der Waals surface area contributed by atoms with Crippen molar-refractivity contribution in [2.45, 2.75) is 44.2 Å². The van der Waals surface area contributed by atoms with Crippen LogP contribution in [-0.2, 0) is 9.53 Å². The second-order valence-corrected chi connectivity index (χ2v) is 8.06. The number of carbonyl (C=O) groups is 1. The highest BCUT2D eigenvalue weighted by atomic mass is 79.9. The van der Waals surface area contributed by atoms with E-state index in [4.69, 9.17) is 4.74 Å². The number of hydrogen-bond acceptors (Lipinski definition) is 3. The molecule has 3 rings (SSSR count). The summed E-state index contributed by atoms with van der Waals surface area (Å²) in [7, 11) is 0. The van der Waals surface area contributed by atoms with Gasteiger partial charge in [0.1, 0.15) is 12.0 Å². The molecule has 4 heteroatoms. The van der Waals surface area contributed by atoms with Gasteiger partial charge in [0.05, 0.1) is 0 Å². The van der Waals surface area contributed by atoms with Crippen molar-refractivity contribution in [1.29, 1.82) is 0 Å². The van der Waals surface area contributed by atoms with E-state index in [1.165, 1.54) is 0 Å². The molecular weight excluding hydrogens is 378 g/mol. The van der Waals surface area contributed by atoms with Gasteiger partial charge in [-0.3, -0.25) is 4.79 Å². The highest BCUT2D eigenvalue weighted by Gasteiger charge is 2.36. The van der Waals surface area contributed by atoms with E-state index in [-0.39, 0.29) is 23.5 Å². The maximum Gasteiger partial charge on any atom is 0.318 e. The Kier molecular flexibility index (Phi) is 5.60. The molecule has 0 N–H and O–H groups in total. The third kappa shape index (κ3) is 4.31. The van der Waals surface area contributed by atoms with Gasteiger partial charge in [-0.05, 0) is 31.4 Å². The minimum atomic E-state index is -0.382. The highest BCUT2D eigenvalue weighted by Crippen LogP contribution is 2.33. The summed E-state index contributed by atoms with van der Waals surface area (Å²) in [5, 5.41) is 0. The lowest BCUT2D eigenvalue weighted by atomic mass is 9.89. The predicted molar refractivity (Wildman–Crippen MR) is 104 cm³/mol. The second-order valence-electron chi connectivity index (χ2n) is 7.20. The summed E-state index contributed by atoms with van der Waals surface area (Å²) >= 11 is 3.60. The number of hydrogen-bond donors (Lipinski definition) is 0. The van der Waals surface area contributed by atoms with Gasteiger partial charge in [0.25, 0.3) is 0 Å². The summed E-state index contributed by atoms with van der Waals surface area (Å²) in [5.41, 5.74) is 1.91. The minimum Gasteiger partial charge on any atom is -0.462 e. The van der Waals surface area contributed by atoms with Crippen LogP contribution in [0.2, 0.25) is 0 Å². The SMILES string of the molecule is CC1(C)CC(OC(=O)C(c2ccccc2)c2ccccc2)CCN1Br. The molecular formula is C21H24BrNO2. The summed E-state index contributed by atoms with van der Waals surface area (Å²) in [6.07, 6.45) is 1.61. The van der Waals surface area contributed by atoms with Crippen LogP contribution in [0.15, 0.2) is 60.7 Å². The molecule has 132 valence electrons. The van der Waals surface area contributed by atoms with Gasteiger partial charge in [-0.15, -0.1) is 0 Å². The van der Waals surface area contributed by atoms with E-state index >= 15 is 0 Å². The lowest BCUT2D eigenvalue weighted by Gasteiger charge is -2.41. The van der Waals surface area contributed by atoms with Crippen molar-refractivity contribution in [2.75, 3.05) is 6.54 Å². The zero-order valence-electron chi connectivity index (χ0n) is 14.7. The molecule has 1 fully saturated rings. The fraction of sp³-hybridized carbons (Fsp3) is 0.381. The Bertz CT molecular complexity index is 663. The van der Waals surface area contributed by atoms with Gasteiger partial charge in [-0.1, -0.05) is 60.7 Å². The number of ether oxygens (including phenoxy) is 1. The monoisotopic (exact) mass is 401 g/mol. The third-order valence-electron chi connectivity index (χ3n) is 4.82. The number of rotatable bonds is 4. The first-order valence-corrected chi connectivity index (χ1v) is 9.42. The Labute approximate surface area is 158 Å². The van der Waals surface area contributed by atoms with Crippen LogP contribution in [0.3, 0.4) is 0 Å². The molecule has 0 aliphatic carbocycles. The molecule has 1 aliphatic heterocycles. The Balaban J connectivity index is 1.81. The molecule has 1 unspecified atom stereocenters. The minimum absolute atomic E-state index is 0.0296. The van der Waals surface area contributed by atoms with Crippen molar-refractivity contribution in [2.24, 2.45) is 0 Å². The lowest BCUT2D eigenvalue weighted by molar-refractivity contribution is -0.153. The van der Waals surface area contributed by atoms with Gasteiger partial charge in [0, 0.05) is 34.7 Å². The molecule has 1 heterocycles. The smallest absolute Gasteiger partial charge is 0.318 e. The molecule has 2 aromatic carbocycles. The van der Waals surface area contributed by atoms with Gasteiger partial charge in [-0.25, -0.2) is 3.93 Å². The fourth-order valence-electron chi connectivity index (χ4n) is 3.41. The van der Waals surface area contributed by atoms with Crippen LogP contribution in [0.25, 0.3) is 0 Å². The summed E-state index contributed by atoms with van der Waals surface area (Å²) < 4.78 is 8.11. The average molecular weight is 402 g/mol. The van der Waals surface area contributed by atoms with Crippen molar-refractivity contribution >= 4 is 22.1 Å². The van der Waals surface area contributed by atoms with E-state index in [2.05, 4.69) is 33.9 Å². The normalized spacial score (nSPS) is 20.4. The molecule has 25 heavy (non-hydrogen) atoms. The Morgan fingerprint density at radius 2 is 1.60 bits per heavy atom. The predicted octanol–water partition coefficient (Wildman–Crippen LogP) is 4.91. The molecule has 0 saturated carbocycles. The first-order valence-electron chi connectivity index (χ1n) is 8.71. The van der Waals surface area contributed by atoms with Gasteiger partial charge >= 0.3 is 5.97 Å². The molecule has 1 saturated heterocycles. The summed E-state index contributed by atoms with van der Waals surface area (Å²) in [6.45, 7) is 5.19. The topological polar surface area (TPSA) is 29.5 Å². The van der Waals surface area contributed by atoms with Crippen LogP contribution >= 0.6 is 16.1 Å². The molecule has 0 radical (unpaired) electrons. The quantitative estimate of drug-likeness (QED) is 0.537. The summed E-state index contributed by atoms with van der Waals surface area (Å²) in [6, 6.07) is 19.7. The number of halogens is 1. The van der Waals surface area contributed by atoms with Gasteiger partial charge in [-0.2, -0.15) is 0 Å². The zero-order valence-corrected chi connectivity index (χ0v) is 16.3. The number of benzene rings is 2. The van der Waals surface area contributed by atoms with Crippen LogP contribution in [0.4, 0.5) is 0 Å². The summed E-state index contributed by atoms with van der Waals surface area (Å²) in [5.74, 6) is -0.547. The number of piperidine rings is 1. The van der Waals surface area contributed by atoms with Crippen LogP contribution in [0.5, 0.6) is 0 Å². The van der Waals surface area contributed by atoms with E-state index < -0.39 is 0 Å². The fourth-order valence-corrected chi connectivity index (χ4v) is 3.76. The van der Waals surface area contributed by atoms with Crippen LogP contribution in [-0.4, -0.2) is 28.1 Å². The van der Waals surface area contributed by atoms with Crippen LogP contribution in [0, 0.1) is 0 Å². The standard InChI is InChI=1S/C21H24BrNO2/c1-21(2)15-18(13-14-23(21)22)25-20(24)19(16-9-5-3-6-10-16)17-11-7-4-8-12-17/h3-12,18-19H,13-15H2,1-2H3. The van der Waals surface area contributed by atoms with Crippen molar-refractivity contribution in [3.8, 4) is 0 Å². The van der Waals surface area contributed by atoms with Gasteiger partial charge < -0.3 is 4.74 Å². The highest BCUT2D eigenvalue weighted by molar-refractivity contribution is 9.07. The molecule has 0 spiro atoms. The molecule has 0 bridgehead atoms. The second kappa shape index (κ2) is 7.71. The maximum absolute atomic E-state index is 13.1. The van der Waals surface area contributed by atoms with Crippen molar-refractivity contribution in [3.63, 3.8) is 0 Å². The Morgan fingerprint density at radius 3 is 2.08 bits per heavy atom. The largest absolute Gasteiger partial charge is 0.462 e. The average Bonchev–Trinajstić information content (AvgIpc) is 2.60. The Morgan fingerprint density at radius 1 is 1.08 bits per heavy atom. The molecule has 1 aliphatic rings. The number of esters is 1. The Hall–Kier alpha value is -1.65. The van der Waals surface area contributed by atoms with E-state index in [1.807, 2.05) is 60.7 Å². The summed E-state index contributed by atoms with van der Waals surface area (Å²) in [4.78, 5) is 13.1. The molecule has 1 atom stereocenters. The van der Waals surface area contributed by atoms with Crippen molar-refractivity contribution < 1.29 is 9.53 Å². The van der Waals surface area contributed by atoms with Gasteiger partial charge in [0.2, 0.25) is 0 Å². The molecule has 0 aromatic heterocycles. The number of carbonyl (C=O) groups excluding carboxylic acids is 1. The van der Waals surface area contributed by atoms with E-state index in [9.17, 15) is 4.79 Å². The van der Waals surface area contributed by atoms with E-state index in [0.717, 1.165) is 30.5 Å². The van der Waals surface area contributed by atoms with E-state index in [1.54, 1.807) is 0 Å². The first kappa shape index (κ1) is 18.2. The van der Waals surface area contributed by atoms with Crippen molar-refractivity contribution in [1.82, 2.24) is 3.93 Å². The van der Waals surface area contributed by atoms with Crippen molar-refractivity contribution in [3.05, 3.63) is 71.8 Å². The molecule has 3 nitrogen and oxygen atoms in total. The molecule has 0 amide bonds. The van der Waals surface area contributed by atoms with Gasteiger partial charge in [0.15, 0.2) is 0 Å². The lowest BCUT2D eigenvalue weighted by Crippen LogP contribution is -2.47. The number of nitrogens with zero attached hydrogens (tertiary/aromatic N) is 1. The van der Waals surface area contributed by atoms with Crippen LogP contribution < -0.4 is 0 Å². The maximum atomic E-state index is 13.1.